The third kappa shape index (κ3) is 61.5. The van der Waals surface area contributed by atoms with Crippen LogP contribution in [0, 0.1) is 0 Å². The smallest absolute Gasteiger partial charge is 0.306 e. The van der Waals surface area contributed by atoms with E-state index in [2.05, 4.69) is 191 Å². The van der Waals surface area contributed by atoms with Gasteiger partial charge in [-0.15, -0.1) is 0 Å². The molecule has 0 rings (SSSR count). The van der Waals surface area contributed by atoms with Gasteiger partial charge >= 0.3 is 17.9 Å². The van der Waals surface area contributed by atoms with E-state index in [1.54, 1.807) is 0 Å². The van der Waals surface area contributed by atoms with E-state index in [-0.39, 0.29) is 31.1 Å². The maximum atomic E-state index is 12.8. The van der Waals surface area contributed by atoms with Gasteiger partial charge in [0, 0.05) is 19.3 Å². The van der Waals surface area contributed by atoms with Gasteiger partial charge in [-0.3, -0.25) is 14.4 Å². The minimum Gasteiger partial charge on any atom is -0.462 e. The highest BCUT2D eigenvalue weighted by molar-refractivity contribution is 5.71. The zero-order valence-electron chi connectivity index (χ0n) is 49.1. The van der Waals surface area contributed by atoms with Crippen LogP contribution >= 0.6 is 0 Å². The van der Waals surface area contributed by atoms with Crippen LogP contribution < -0.4 is 0 Å². The molecular formula is C71H110O6. The molecule has 0 aromatic carbocycles. The number of esters is 3. The molecule has 0 aliphatic rings. The minimum atomic E-state index is -0.805. The molecule has 0 N–H and O–H groups in total. The van der Waals surface area contributed by atoms with Crippen LogP contribution in [0.3, 0.4) is 0 Å². The molecule has 6 nitrogen and oxygen atoms in total. The molecule has 1 unspecified atom stereocenters. The van der Waals surface area contributed by atoms with Crippen LogP contribution in [0.25, 0.3) is 0 Å². The summed E-state index contributed by atoms with van der Waals surface area (Å²) >= 11 is 0. The molecule has 0 aromatic rings. The molecule has 0 saturated carbocycles. The molecule has 6 heteroatoms. The van der Waals surface area contributed by atoms with E-state index in [1.165, 1.54) is 32.1 Å². The molecule has 0 heterocycles. The SMILES string of the molecule is CC/C=C\C/C=C\C/C=C\C/C=C\C/C=C\C/C=C\C/C=C\C/C=C\C/C=C\C/C=C\CCCCC(=O)OCC(COC(=O)CCCCCCC)OC(=O)CCCCCCCCCC/C=C\C/C=C\C/C=C\C/C=C\CC. The Kier molecular flexibility index (Phi) is 59.0. The zero-order chi connectivity index (χ0) is 55.7. The summed E-state index contributed by atoms with van der Waals surface area (Å²) in [5.41, 5.74) is 0. The lowest BCUT2D eigenvalue weighted by atomic mass is 10.1. The van der Waals surface area contributed by atoms with E-state index in [1.807, 2.05) is 0 Å². The molecule has 0 bridgehead atoms. The van der Waals surface area contributed by atoms with Gasteiger partial charge in [0.05, 0.1) is 0 Å². The van der Waals surface area contributed by atoms with Crippen LogP contribution in [0.4, 0.5) is 0 Å². The fourth-order valence-corrected chi connectivity index (χ4v) is 7.69. The van der Waals surface area contributed by atoms with Gasteiger partial charge < -0.3 is 14.2 Å². The first-order valence-corrected chi connectivity index (χ1v) is 30.6. The number of rotatable bonds is 53. The summed E-state index contributed by atoms with van der Waals surface area (Å²) < 4.78 is 16.7. The van der Waals surface area contributed by atoms with E-state index in [4.69, 9.17) is 14.2 Å². The average Bonchev–Trinajstić information content (AvgIpc) is 3.43. The van der Waals surface area contributed by atoms with E-state index in [9.17, 15) is 14.4 Å². The number of carbonyl (C=O) groups is 3. The van der Waals surface area contributed by atoms with Crippen molar-refractivity contribution in [2.45, 2.75) is 245 Å². The number of allylic oxidation sites excluding steroid dienone is 28. The molecule has 0 radical (unpaired) electrons. The Morgan fingerprint density at radius 2 is 0.506 bits per heavy atom. The van der Waals surface area contributed by atoms with Gasteiger partial charge in [-0.2, -0.15) is 0 Å². The van der Waals surface area contributed by atoms with Gasteiger partial charge in [0.25, 0.3) is 0 Å². The third-order valence-corrected chi connectivity index (χ3v) is 12.2. The fraction of sp³-hybridized carbons (Fsp3) is 0.563. The molecule has 1 atom stereocenters. The minimum absolute atomic E-state index is 0.103. The highest BCUT2D eigenvalue weighted by Crippen LogP contribution is 2.13. The van der Waals surface area contributed by atoms with Crippen LogP contribution in [0.1, 0.15) is 239 Å². The number of unbranched alkanes of at least 4 members (excludes halogenated alkanes) is 14. The van der Waals surface area contributed by atoms with E-state index in [0.29, 0.717) is 25.7 Å². The Morgan fingerprint density at radius 1 is 0.273 bits per heavy atom. The normalized spacial score (nSPS) is 13.3. The topological polar surface area (TPSA) is 78.9 Å². The van der Waals surface area contributed by atoms with Crippen molar-refractivity contribution in [3.05, 3.63) is 170 Å². The molecule has 0 aliphatic heterocycles. The largest absolute Gasteiger partial charge is 0.462 e. The first-order chi connectivity index (χ1) is 38.0. The second-order valence-corrected chi connectivity index (χ2v) is 19.5. The van der Waals surface area contributed by atoms with Gasteiger partial charge in [0.2, 0.25) is 0 Å². The van der Waals surface area contributed by atoms with Gasteiger partial charge in [0.1, 0.15) is 13.2 Å². The average molecular weight is 1060 g/mol. The first-order valence-electron chi connectivity index (χ1n) is 30.6. The van der Waals surface area contributed by atoms with Gasteiger partial charge in [-0.05, 0) is 135 Å². The van der Waals surface area contributed by atoms with Gasteiger partial charge in [-0.25, -0.2) is 0 Å². The van der Waals surface area contributed by atoms with Crippen LogP contribution in [0.5, 0.6) is 0 Å². The monoisotopic (exact) mass is 1060 g/mol. The zero-order valence-corrected chi connectivity index (χ0v) is 49.1. The second-order valence-electron chi connectivity index (χ2n) is 19.5. The summed E-state index contributed by atoms with van der Waals surface area (Å²) in [4.78, 5) is 37.9. The van der Waals surface area contributed by atoms with Crippen LogP contribution in [-0.4, -0.2) is 37.2 Å². The Labute approximate surface area is 472 Å². The van der Waals surface area contributed by atoms with Crippen LogP contribution in [-0.2, 0) is 28.6 Å². The van der Waals surface area contributed by atoms with Gasteiger partial charge in [-0.1, -0.05) is 255 Å². The van der Waals surface area contributed by atoms with E-state index >= 15 is 0 Å². The summed E-state index contributed by atoms with van der Waals surface area (Å²) in [6.07, 6.45) is 94.0. The molecule has 430 valence electrons. The maximum absolute atomic E-state index is 12.8. The molecule has 77 heavy (non-hydrogen) atoms. The van der Waals surface area contributed by atoms with Gasteiger partial charge in [0.15, 0.2) is 6.10 Å². The number of ether oxygens (including phenoxy) is 3. The predicted octanol–water partition coefficient (Wildman–Crippen LogP) is 21.1. The summed E-state index contributed by atoms with van der Waals surface area (Å²) in [5, 5.41) is 0. The molecule has 0 aromatic heterocycles. The van der Waals surface area contributed by atoms with E-state index < -0.39 is 6.10 Å². The Bertz CT molecular complexity index is 1790. The molecule has 0 aliphatic carbocycles. The summed E-state index contributed by atoms with van der Waals surface area (Å²) in [6, 6.07) is 0. The number of hydrogen-bond acceptors (Lipinski definition) is 6. The lowest BCUT2D eigenvalue weighted by Gasteiger charge is -2.18. The first kappa shape index (κ1) is 71.8. The number of hydrogen-bond donors (Lipinski definition) is 0. The lowest BCUT2D eigenvalue weighted by molar-refractivity contribution is -0.167. The van der Waals surface area contributed by atoms with Crippen molar-refractivity contribution in [1.82, 2.24) is 0 Å². The highest BCUT2D eigenvalue weighted by Gasteiger charge is 2.19. The lowest BCUT2D eigenvalue weighted by Crippen LogP contribution is -2.30. The molecule has 0 fully saturated rings. The fourth-order valence-electron chi connectivity index (χ4n) is 7.69. The standard InChI is InChI=1S/C71H110O6/c1-4-7-10-13-15-17-19-21-23-25-27-29-30-31-32-33-34-35-36-37-38-39-40-42-43-45-47-49-51-53-55-58-61-64-70(73)76-67-68(66-75-69(72)63-60-57-12-9-6-3)77-71(74)65-62-59-56-54-52-50-48-46-44-41-28-26-24-22-20-18-16-14-11-8-5-2/h7-8,10-11,15-18,21-24,27-29,31-32,34-35,37-38,40-42,45,47,51,53,68H,4-6,9,12-14,19-20,25-26,30,33,36,39,43-44,46,48-50,52,54-67H2,1-3H3/b10-7-,11-8-,17-15-,18-16-,23-21-,24-22-,29-27-,32-31-,35-34-,38-37-,41-28-,42-40-,47-45-,53-51-. The number of carbonyl (C=O) groups excluding carboxylic acids is 3. The van der Waals surface area contributed by atoms with Crippen molar-refractivity contribution in [1.29, 1.82) is 0 Å². The van der Waals surface area contributed by atoms with Crippen molar-refractivity contribution in [2.24, 2.45) is 0 Å². The van der Waals surface area contributed by atoms with Crippen molar-refractivity contribution in [3.8, 4) is 0 Å². The Morgan fingerprint density at radius 3 is 0.818 bits per heavy atom. The van der Waals surface area contributed by atoms with Crippen molar-refractivity contribution < 1.29 is 28.6 Å². The molecular weight excluding hydrogens is 949 g/mol. The Hall–Kier alpha value is -5.23. The van der Waals surface area contributed by atoms with Crippen molar-refractivity contribution >= 4 is 17.9 Å². The Balaban J connectivity index is 4.22. The molecule has 0 saturated heterocycles. The third-order valence-electron chi connectivity index (χ3n) is 12.2. The quantitative estimate of drug-likeness (QED) is 0.0261. The van der Waals surface area contributed by atoms with E-state index in [0.717, 1.165) is 161 Å². The highest BCUT2D eigenvalue weighted by atomic mass is 16.6. The molecule has 0 spiro atoms. The molecule has 0 amide bonds. The summed E-state index contributed by atoms with van der Waals surface area (Å²) in [5.74, 6) is -0.980. The van der Waals surface area contributed by atoms with Crippen LogP contribution in [0.2, 0.25) is 0 Å². The maximum Gasteiger partial charge on any atom is 0.306 e. The predicted molar refractivity (Wildman–Crippen MR) is 334 cm³/mol. The summed E-state index contributed by atoms with van der Waals surface area (Å²) in [6.45, 7) is 6.27. The van der Waals surface area contributed by atoms with Crippen LogP contribution in [0.15, 0.2) is 170 Å². The van der Waals surface area contributed by atoms with Crippen molar-refractivity contribution in [3.63, 3.8) is 0 Å². The summed E-state index contributed by atoms with van der Waals surface area (Å²) in [7, 11) is 0. The van der Waals surface area contributed by atoms with Crippen molar-refractivity contribution in [2.75, 3.05) is 13.2 Å². The second kappa shape index (κ2) is 63.3.